The average molecular weight is 359 g/mol. The number of nitrogens with zero attached hydrogens (tertiary/aromatic N) is 1. The first-order valence-electron chi connectivity index (χ1n) is 8.47. The van der Waals surface area contributed by atoms with E-state index in [4.69, 9.17) is 0 Å². The lowest BCUT2D eigenvalue weighted by molar-refractivity contribution is 0.0955. The Morgan fingerprint density at radius 1 is 1.24 bits per heavy atom. The molecule has 0 fully saturated rings. The molecule has 1 heterocycles. The zero-order valence-corrected chi connectivity index (χ0v) is 15.8. The molecule has 5 nitrogen and oxygen atoms in total. The number of thiophene rings is 1. The molecule has 0 bridgehead atoms. The van der Waals surface area contributed by atoms with Gasteiger partial charge in [0.15, 0.2) is 5.96 Å². The second-order valence-corrected chi connectivity index (χ2v) is 6.60. The van der Waals surface area contributed by atoms with Crippen molar-refractivity contribution in [3.63, 3.8) is 0 Å². The summed E-state index contributed by atoms with van der Waals surface area (Å²) in [5.74, 6) is 1.13. The minimum atomic E-state index is -0.0450. The van der Waals surface area contributed by atoms with Gasteiger partial charge in [-0.1, -0.05) is 19.1 Å². The summed E-state index contributed by atoms with van der Waals surface area (Å²) in [7, 11) is 1.76. The van der Waals surface area contributed by atoms with Crippen LogP contribution in [0.1, 0.15) is 41.3 Å². The Hall–Kier alpha value is -2.34. The van der Waals surface area contributed by atoms with E-state index in [2.05, 4.69) is 44.7 Å². The molecule has 1 aromatic heterocycles. The van der Waals surface area contributed by atoms with E-state index in [-0.39, 0.29) is 5.91 Å². The third-order valence-electron chi connectivity index (χ3n) is 3.90. The van der Waals surface area contributed by atoms with Crippen LogP contribution >= 0.6 is 11.3 Å². The molecule has 0 radical (unpaired) electrons. The van der Waals surface area contributed by atoms with Gasteiger partial charge in [0.05, 0.1) is 0 Å². The van der Waals surface area contributed by atoms with Crippen LogP contribution in [0.15, 0.2) is 46.1 Å². The minimum absolute atomic E-state index is 0.0450. The standard InChI is InChI=1S/C19H26N4OS/c1-4-21-18(24)16-7-5-6-15(10-16)12-23-19(20-3)22-11-14(2)17-8-9-25-13-17/h5-10,13-14H,4,11-12H2,1-3H3,(H,21,24)(H2,20,22,23). The van der Waals surface area contributed by atoms with Crippen molar-refractivity contribution in [2.75, 3.05) is 20.1 Å². The highest BCUT2D eigenvalue weighted by Crippen LogP contribution is 2.16. The Morgan fingerprint density at radius 3 is 2.76 bits per heavy atom. The molecule has 1 unspecified atom stereocenters. The van der Waals surface area contributed by atoms with Crippen molar-refractivity contribution in [2.24, 2.45) is 4.99 Å². The summed E-state index contributed by atoms with van der Waals surface area (Å²) in [6.07, 6.45) is 0. The van der Waals surface area contributed by atoms with Crippen molar-refractivity contribution in [2.45, 2.75) is 26.3 Å². The molecular formula is C19H26N4OS. The van der Waals surface area contributed by atoms with Crippen LogP contribution in [0.5, 0.6) is 0 Å². The third-order valence-corrected chi connectivity index (χ3v) is 4.60. The number of carbonyl (C=O) groups excluding carboxylic acids is 1. The Bertz CT molecular complexity index is 697. The lowest BCUT2D eigenvalue weighted by Gasteiger charge is -2.15. The van der Waals surface area contributed by atoms with Gasteiger partial charge < -0.3 is 16.0 Å². The van der Waals surface area contributed by atoms with Crippen LogP contribution in [0.3, 0.4) is 0 Å². The van der Waals surface area contributed by atoms with Gasteiger partial charge in [0.25, 0.3) is 5.91 Å². The van der Waals surface area contributed by atoms with E-state index in [0.29, 0.717) is 24.6 Å². The van der Waals surface area contributed by atoms with Crippen molar-refractivity contribution < 1.29 is 4.79 Å². The Kier molecular flexibility index (Phi) is 7.47. The van der Waals surface area contributed by atoms with E-state index < -0.39 is 0 Å². The van der Waals surface area contributed by atoms with Crippen molar-refractivity contribution in [1.29, 1.82) is 0 Å². The van der Waals surface area contributed by atoms with Gasteiger partial charge in [-0.25, -0.2) is 0 Å². The molecule has 2 aromatic rings. The first kappa shape index (κ1) is 19.0. The Labute approximate surface area is 153 Å². The van der Waals surface area contributed by atoms with E-state index in [9.17, 15) is 4.79 Å². The first-order valence-corrected chi connectivity index (χ1v) is 9.42. The summed E-state index contributed by atoms with van der Waals surface area (Å²) in [5, 5.41) is 13.7. The smallest absolute Gasteiger partial charge is 0.251 e. The van der Waals surface area contributed by atoms with E-state index in [1.54, 1.807) is 18.4 Å². The summed E-state index contributed by atoms with van der Waals surface area (Å²) in [4.78, 5) is 16.2. The second kappa shape index (κ2) is 9.84. The molecule has 25 heavy (non-hydrogen) atoms. The van der Waals surface area contributed by atoms with E-state index in [1.165, 1.54) is 5.56 Å². The number of hydrogen-bond acceptors (Lipinski definition) is 3. The SMILES string of the molecule is CCNC(=O)c1cccc(CNC(=NC)NCC(C)c2ccsc2)c1. The molecule has 0 spiro atoms. The van der Waals surface area contributed by atoms with E-state index >= 15 is 0 Å². The summed E-state index contributed by atoms with van der Waals surface area (Å²) in [5.41, 5.74) is 3.05. The van der Waals surface area contributed by atoms with E-state index in [1.807, 2.05) is 31.2 Å². The minimum Gasteiger partial charge on any atom is -0.356 e. The molecule has 134 valence electrons. The number of guanidine groups is 1. The second-order valence-electron chi connectivity index (χ2n) is 5.82. The van der Waals surface area contributed by atoms with Crippen molar-refractivity contribution >= 4 is 23.2 Å². The van der Waals surface area contributed by atoms with Gasteiger partial charge in [0, 0.05) is 32.2 Å². The lowest BCUT2D eigenvalue weighted by atomic mass is 10.1. The molecule has 0 aliphatic heterocycles. The largest absolute Gasteiger partial charge is 0.356 e. The van der Waals surface area contributed by atoms with Gasteiger partial charge in [-0.2, -0.15) is 11.3 Å². The van der Waals surface area contributed by atoms with Crippen molar-refractivity contribution in [3.8, 4) is 0 Å². The molecule has 1 amide bonds. The number of amides is 1. The van der Waals surface area contributed by atoms with Crippen LogP contribution in [0, 0.1) is 0 Å². The Morgan fingerprint density at radius 2 is 2.08 bits per heavy atom. The van der Waals surface area contributed by atoms with Crippen LogP contribution in [0.4, 0.5) is 0 Å². The molecular weight excluding hydrogens is 332 g/mol. The summed E-state index contributed by atoms with van der Waals surface area (Å²) < 4.78 is 0. The quantitative estimate of drug-likeness (QED) is 0.527. The highest BCUT2D eigenvalue weighted by atomic mass is 32.1. The zero-order chi connectivity index (χ0) is 18.1. The van der Waals surface area contributed by atoms with Crippen LogP contribution < -0.4 is 16.0 Å². The summed E-state index contributed by atoms with van der Waals surface area (Å²) in [6, 6.07) is 9.77. The number of rotatable bonds is 7. The lowest BCUT2D eigenvalue weighted by Crippen LogP contribution is -2.38. The van der Waals surface area contributed by atoms with Gasteiger partial charge >= 0.3 is 0 Å². The maximum atomic E-state index is 11.9. The molecule has 0 aliphatic rings. The maximum absolute atomic E-state index is 11.9. The number of carbonyl (C=O) groups is 1. The molecule has 6 heteroatoms. The molecule has 0 saturated carbocycles. The number of hydrogen-bond donors (Lipinski definition) is 3. The summed E-state index contributed by atoms with van der Waals surface area (Å²) in [6.45, 7) is 6.16. The molecule has 3 N–H and O–H groups in total. The number of benzene rings is 1. The molecule has 0 aliphatic carbocycles. The molecule has 0 saturated heterocycles. The van der Waals surface area contributed by atoms with Gasteiger partial charge in [0.2, 0.25) is 0 Å². The van der Waals surface area contributed by atoms with Gasteiger partial charge in [-0.3, -0.25) is 9.79 Å². The monoisotopic (exact) mass is 358 g/mol. The normalized spacial score (nSPS) is 12.5. The van der Waals surface area contributed by atoms with Gasteiger partial charge in [-0.15, -0.1) is 0 Å². The summed E-state index contributed by atoms with van der Waals surface area (Å²) >= 11 is 1.72. The van der Waals surface area contributed by atoms with Crippen molar-refractivity contribution in [3.05, 3.63) is 57.8 Å². The zero-order valence-electron chi connectivity index (χ0n) is 15.0. The number of nitrogens with one attached hydrogen (secondary N) is 3. The highest BCUT2D eigenvalue weighted by Gasteiger charge is 2.08. The van der Waals surface area contributed by atoms with Crippen LogP contribution in [-0.4, -0.2) is 32.0 Å². The Balaban J connectivity index is 1.86. The van der Waals surface area contributed by atoms with E-state index in [0.717, 1.165) is 18.1 Å². The van der Waals surface area contributed by atoms with Gasteiger partial charge in [-0.05, 0) is 52.9 Å². The van der Waals surface area contributed by atoms with Crippen LogP contribution in [-0.2, 0) is 6.54 Å². The predicted molar refractivity (Wildman–Crippen MR) is 105 cm³/mol. The van der Waals surface area contributed by atoms with Gasteiger partial charge in [0.1, 0.15) is 0 Å². The maximum Gasteiger partial charge on any atom is 0.251 e. The highest BCUT2D eigenvalue weighted by molar-refractivity contribution is 7.07. The van der Waals surface area contributed by atoms with Crippen LogP contribution in [0.2, 0.25) is 0 Å². The number of aliphatic imine (C=N–C) groups is 1. The van der Waals surface area contributed by atoms with Crippen LogP contribution in [0.25, 0.3) is 0 Å². The molecule has 2 rings (SSSR count). The topological polar surface area (TPSA) is 65.5 Å². The fourth-order valence-corrected chi connectivity index (χ4v) is 3.20. The van der Waals surface area contributed by atoms with Crippen molar-refractivity contribution in [1.82, 2.24) is 16.0 Å². The fourth-order valence-electron chi connectivity index (χ4n) is 2.41. The first-order chi connectivity index (χ1) is 12.1. The molecule has 1 aromatic carbocycles. The fraction of sp³-hybridized carbons (Fsp3) is 0.368. The molecule has 1 atom stereocenters. The predicted octanol–water partition coefficient (Wildman–Crippen LogP) is 2.97. The average Bonchev–Trinajstić information content (AvgIpc) is 3.17. The third kappa shape index (κ3) is 5.90.